The van der Waals surface area contributed by atoms with Gasteiger partial charge >= 0.3 is 6.30 Å². The second-order valence-corrected chi connectivity index (χ2v) is 7.93. The number of anilines is 1. The van der Waals surface area contributed by atoms with Gasteiger partial charge in [-0.15, -0.1) is 0 Å². The predicted octanol–water partition coefficient (Wildman–Crippen LogP) is 4.39. The molecule has 0 aromatic heterocycles. The van der Waals surface area contributed by atoms with Gasteiger partial charge in [0.15, 0.2) is 0 Å². The Bertz CT molecular complexity index is 825. The van der Waals surface area contributed by atoms with Crippen LogP contribution in [0.5, 0.6) is 0 Å². The van der Waals surface area contributed by atoms with Crippen LogP contribution in [0, 0.1) is 5.41 Å². The number of benzene rings is 1. The van der Waals surface area contributed by atoms with E-state index in [1.165, 1.54) is 12.2 Å². The number of para-hydroxylation sites is 1. The SMILES string of the molecule is O=C1N(c2ccccc2Cl)CCC12CCCN(C1C=CC=CN1C(F)(F)F)C2. The van der Waals surface area contributed by atoms with Crippen molar-refractivity contribution >= 4 is 23.2 Å². The van der Waals surface area contributed by atoms with Crippen molar-refractivity contribution in [2.24, 2.45) is 5.41 Å². The minimum atomic E-state index is -4.47. The van der Waals surface area contributed by atoms with Crippen LogP contribution in [0.25, 0.3) is 0 Å². The largest absolute Gasteiger partial charge is 0.485 e. The second kappa shape index (κ2) is 7.12. The molecule has 0 N–H and O–H groups in total. The van der Waals surface area contributed by atoms with Crippen LogP contribution >= 0.6 is 11.6 Å². The summed E-state index contributed by atoms with van der Waals surface area (Å²) in [6.45, 7) is 1.36. The average Bonchev–Trinajstić information content (AvgIpc) is 2.97. The Hall–Kier alpha value is -1.99. The molecular weight excluding hydrogens is 391 g/mol. The van der Waals surface area contributed by atoms with Gasteiger partial charge in [0.1, 0.15) is 6.17 Å². The molecule has 1 aromatic rings. The van der Waals surface area contributed by atoms with Crippen molar-refractivity contribution < 1.29 is 18.0 Å². The normalized spacial score (nSPS) is 28.6. The van der Waals surface area contributed by atoms with E-state index in [4.69, 9.17) is 11.6 Å². The summed E-state index contributed by atoms with van der Waals surface area (Å²) in [5.41, 5.74) is 0.00420. The van der Waals surface area contributed by atoms with Gasteiger partial charge in [0.25, 0.3) is 0 Å². The molecule has 28 heavy (non-hydrogen) atoms. The molecule has 3 aliphatic rings. The van der Waals surface area contributed by atoms with E-state index in [0.29, 0.717) is 54.5 Å². The molecule has 4 nitrogen and oxygen atoms in total. The van der Waals surface area contributed by atoms with Gasteiger partial charge < -0.3 is 4.90 Å². The molecule has 1 amide bonds. The van der Waals surface area contributed by atoms with Crippen LogP contribution in [-0.2, 0) is 4.79 Å². The number of carbonyl (C=O) groups is 1. The zero-order valence-electron chi connectivity index (χ0n) is 15.2. The van der Waals surface area contributed by atoms with E-state index < -0.39 is 17.9 Å². The second-order valence-electron chi connectivity index (χ2n) is 7.53. The molecule has 1 aromatic carbocycles. The lowest BCUT2D eigenvalue weighted by Gasteiger charge is -2.46. The summed E-state index contributed by atoms with van der Waals surface area (Å²) >= 11 is 6.26. The molecule has 0 aliphatic carbocycles. The number of hydrogen-bond donors (Lipinski definition) is 0. The minimum absolute atomic E-state index is 0.0424. The standard InChI is InChI=1S/C20H21ClF3N3O/c21-15-6-1-2-7-16(15)26-13-10-19(18(26)28)9-5-11-25(14-19)17-8-3-4-12-27(17)20(22,23)24/h1-4,6-8,12,17H,5,9-11,13-14H2. The highest BCUT2D eigenvalue weighted by molar-refractivity contribution is 6.34. The fourth-order valence-electron chi connectivity index (χ4n) is 4.51. The molecular formula is C20H21ClF3N3O. The topological polar surface area (TPSA) is 26.8 Å². The van der Waals surface area contributed by atoms with Gasteiger partial charge in [-0.05, 0) is 43.5 Å². The van der Waals surface area contributed by atoms with Crippen molar-refractivity contribution in [2.75, 3.05) is 24.5 Å². The number of carbonyl (C=O) groups excluding carboxylic acids is 1. The molecule has 150 valence electrons. The summed E-state index contributed by atoms with van der Waals surface area (Å²) in [6, 6.07) is 7.18. The zero-order chi connectivity index (χ0) is 19.9. The molecule has 0 bridgehead atoms. The highest BCUT2D eigenvalue weighted by Crippen LogP contribution is 2.44. The monoisotopic (exact) mass is 411 g/mol. The third-order valence-electron chi connectivity index (χ3n) is 5.86. The van der Waals surface area contributed by atoms with Crippen molar-refractivity contribution in [1.82, 2.24) is 9.80 Å². The van der Waals surface area contributed by atoms with Crippen LogP contribution < -0.4 is 4.90 Å². The Balaban J connectivity index is 1.57. The number of rotatable bonds is 2. The van der Waals surface area contributed by atoms with Crippen molar-refractivity contribution in [3.05, 3.63) is 53.7 Å². The van der Waals surface area contributed by atoms with Gasteiger partial charge in [-0.1, -0.05) is 29.8 Å². The number of likely N-dealkylation sites (tertiary alicyclic amines) is 1. The van der Waals surface area contributed by atoms with E-state index >= 15 is 0 Å². The zero-order valence-corrected chi connectivity index (χ0v) is 16.0. The van der Waals surface area contributed by atoms with Gasteiger partial charge in [-0.2, -0.15) is 13.2 Å². The molecule has 4 rings (SSSR count). The smallest absolute Gasteiger partial charge is 0.310 e. The number of allylic oxidation sites excluding steroid dienone is 2. The van der Waals surface area contributed by atoms with Crippen LogP contribution in [-0.4, -0.2) is 47.8 Å². The lowest BCUT2D eigenvalue weighted by molar-refractivity contribution is -0.250. The summed E-state index contributed by atoms with van der Waals surface area (Å²) in [7, 11) is 0. The molecule has 2 saturated heterocycles. The molecule has 8 heteroatoms. The highest BCUT2D eigenvalue weighted by Gasteiger charge is 2.52. The number of hydrogen-bond acceptors (Lipinski definition) is 3. The maximum absolute atomic E-state index is 13.4. The number of alkyl halides is 3. The Morgan fingerprint density at radius 1 is 1.11 bits per heavy atom. The number of nitrogens with zero attached hydrogens (tertiary/aromatic N) is 3. The third kappa shape index (κ3) is 3.31. The Kier molecular flexibility index (Phi) is 4.91. The molecule has 2 fully saturated rings. The maximum atomic E-state index is 13.4. The first-order chi connectivity index (χ1) is 13.3. The lowest BCUT2D eigenvalue weighted by Crippen LogP contribution is -2.57. The van der Waals surface area contributed by atoms with Crippen molar-refractivity contribution in [2.45, 2.75) is 31.7 Å². The number of amides is 1. The fraction of sp³-hybridized carbons (Fsp3) is 0.450. The maximum Gasteiger partial charge on any atom is 0.485 e. The van der Waals surface area contributed by atoms with E-state index in [-0.39, 0.29) is 5.91 Å². The summed E-state index contributed by atoms with van der Waals surface area (Å²) in [6.07, 6.45) is 2.18. The molecule has 0 saturated carbocycles. The summed E-state index contributed by atoms with van der Waals surface area (Å²) in [4.78, 5) is 17.2. The van der Waals surface area contributed by atoms with Crippen LogP contribution in [0.15, 0.2) is 48.7 Å². The van der Waals surface area contributed by atoms with Gasteiger partial charge in [0, 0.05) is 25.8 Å². The lowest BCUT2D eigenvalue weighted by atomic mass is 9.78. The molecule has 3 heterocycles. The van der Waals surface area contributed by atoms with E-state index in [2.05, 4.69) is 0 Å². The van der Waals surface area contributed by atoms with Crippen molar-refractivity contribution in [3.63, 3.8) is 0 Å². The summed E-state index contributed by atoms with van der Waals surface area (Å²) in [5.74, 6) is -0.0424. The molecule has 0 radical (unpaired) electrons. The first-order valence-electron chi connectivity index (χ1n) is 9.33. The van der Waals surface area contributed by atoms with Gasteiger partial charge in [-0.25, -0.2) is 0 Å². The molecule has 3 aliphatic heterocycles. The molecule has 2 unspecified atom stereocenters. The summed E-state index contributed by atoms with van der Waals surface area (Å²) < 4.78 is 40.3. The van der Waals surface area contributed by atoms with Crippen LogP contribution in [0.1, 0.15) is 19.3 Å². The number of piperidine rings is 1. The average molecular weight is 412 g/mol. The minimum Gasteiger partial charge on any atom is -0.310 e. The van der Waals surface area contributed by atoms with Crippen LogP contribution in [0.3, 0.4) is 0 Å². The van der Waals surface area contributed by atoms with E-state index in [1.807, 2.05) is 6.07 Å². The van der Waals surface area contributed by atoms with Gasteiger partial charge in [-0.3, -0.25) is 14.6 Å². The molecule has 2 atom stereocenters. The first-order valence-corrected chi connectivity index (χ1v) is 9.70. The van der Waals surface area contributed by atoms with E-state index in [0.717, 1.165) is 6.20 Å². The Morgan fingerprint density at radius 2 is 1.89 bits per heavy atom. The number of halogens is 4. The molecule has 1 spiro atoms. The predicted molar refractivity (Wildman–Crippen MR) is 102 cm³/mol. The summed E-state index contributed by atoms with van der Waals surface area (Å²) in [5, 5.41) is 0.504. The van der Waals surface area contributed by atoms with Crippen molar-refractivity contribution in [3.8, 4) is 0 Å². The fourth-order valence-corrected chi connectivity index (χ4v) is 4.75. The first kappa shape index (κ1) is 19.3. The van der Waals surface area contributed by atoms with Gasteiger partial charge in [0.05, 0.1) is 16.1 Å². The quantitative estimate of drug-likeness (QED) is 0.675. The van der Waals surface area contributed by atoms with Crippen molar-refractivity contribution in [1.29, 1.82) is 0 Å². The highest BCUT2D eigenvalue weighted by atomic mass is 35.5. The Morgan fingerprint density at radius 3 is 2.64 bits per heavy atom. The van der Waals surface area contributed by atoms with Gasteiger partial charge in [0.2, 0.25) is 5.91 Å². The van der Waals surface area contributed by atoms with E-state index in [1.54, 1.807) is 34.1 Å². The van der Waals surface area contributed by atoms with Crippen LogP contribution in [0.4, 0.5) is 18.9 Å². The van der Waals surface area contributed by atoms with Crippen LogP contribution in [0.2, 0.25) is 5.02 Å². The Labute approximate surface area is 166 Å². The third-order valence-corrected chi connectivity index (χ3v) is 6.17. The van der Waals surface area contributed by atoms with E-state index in [9.17, 15) is 18.0 Å².